The second-order valence-electron chi connectivity index (χ2n) is 19.3. The highest BCUT2D eigenvalue weighted by atomic mass is 32.1. The summed E-state index contributed by atoms with van der Waals surface area (Å²) in [5, 5.41) is 30.6. The summed E-state index contributed by atoms with van der Waals surface area (Å²) < 4.78 is 35.8. The molecule has 4 N–H and O–H groups in total. The molecule has 1 fully saturated rings. The van der Waals surface area contributed by atoms with Gasteiger partial charge in [0.05, 0.1) is 106 Å². The van der Waals surface area contributed by atoms with Crippen LogP contribution in [0, 0.1) is 12.3 Å². The summed E-state index contributed by atoms with van der Waals surface area (Å²) >= 11 is 1.57. The molecule has 398 valence electrons. The third-order valence-corrected chi connectivity index (χ3v) is 13.8. The predicted molar refractivity (Wildman–Crippen MR) is 281 cm³/mol. The number of hydrogen-bond donors (Lipinski definition) is 4. The number of aliphatic hydroxyl groups is 2. The van der Waals surface area contributed by atoms with E-state index < -0.39 is 35.4 Å². The number of ether oxygens (including phenoxy) is 6. The van der Waals surface area contributed by atoms with E-state index in [1.807, 2.05) is 80.5 Å². The van der Waals surface area contributed by atoms with Crippen LogP contribution in [0.15, 0.2) is 85.0 Å². The Morgan fingerprint density at radius 3 is 2.07 bits per heavy atom. The molecule has 19 heteroatoms. The van der Waals surface area contributed by atoms with Gasteiger partial charge in [0, 0.05) is 56.2 Å². The lowest BCUT2D eigenvalue weighted by Gasteiger charge is -2.35. The minimum Gasteiger partial charge on any atom is -0.515 e. The maximum absolute atomic E-state index is 13.9. The zero-order valence-corrected chi connectivity index (χ0v) is 43.8. The first-order chi connectivity index (χ1) is 35.9. The number of carbonyl (C=O) groups is 3. The molecule has 3 aromatic heterocycles. The number of fused-ring (bicyclic) bond motifs is 1. The second-order valence-corrected chi connectivity index (χ2v) is 20.2. The van der Waals surface area contributed by atoms with E-state index in [-0.39, 0.29) is 45.2 Å². The lowest BCUT2D eigenvalue weighted by atomic mass is 9.85. The summed E-state index contributed by atoms with van der Waals surface area (Å²) in [6.45, 7) is 12.4. The molecule has 1 aliphatic carbocycles. The van der Waals surface area contributed by atoms with E-state index in [0.717, 1.165) is 74.5 Å². The third-order valence-electron chi connectivity index (χ3n) is 12.8. The zero-order chi connectivity index (χ0) is 52.3. The van der Waals surface area contributed by atoms with E-state index in [1.165, 1.54) is 16.7 Å². The molecule has 0 bridgehead atoms. The first-order valence-electron chi connectivity index (χ1n) is 25.4. The average Bonchev–Trinajstić information content (AvgIpc) is 4.22. The minimum absolute atomic E-state index is 0.0155. The van der Waals surface area contributed by atoms with E-state index in [1.54, 1.807) is 23.7 Å². The monoisotopic (exact) mass is 1040 g/mol. The molecule has 0 saturated carbocycles. The maximum Gasteiger partial charge on any atom is 0.246 e. The molecular weight excluding hydrogens is 967 g/mol. The van der Waals surface area contributed by atoms with Crippen LogP contribution in [0.4, 0.5) is 0 Å². The van der Waals surface area contributed by atoms with Gasteiger partial charge in [0.1, 0.15) is 18.7 Å². The number of nitrogens with zero attached hydrogens (tertiary/aromatic N) is 5. The quantitative estimate of drug-likeness (QED) is 0.0311. The van der Waals surface area contributed by atoms with Crippen LogP contribution in [0.25, 0.3) is 38.4 Å². The van der Waals surface area contributed by atoms with E-state index in [4.69, 9.17) is 33.5 Å². The number of allylic oxidation sites excluding steroid dienone is 1. The van der Waals surface area contributed by atoms with Gasteiger partial charge in [0.2, 0.25) is 17.7 Å². The summed E-state index contributed by atoms with van der Waals surface area (Å²) in [6, 6.07) is 16.4. The molecule has 1 aliphatic heterocycles. The number of nitrogens with one attached hydrogen (secondary N) is 2. The van der Waals surface area contributed by atoms with Gasteiger partial charge in [-0.2, -0.15) is 5.10 Å². The fourth-order valence-corrected chi connectivity index (χ4v) is 9.78. The molecule has 3 amide bonds. The normalized spacial score (nSPS) is 16.4. The number of aliphatic hydroxyl groups excluding tert-OH is 2. The van der Waals surface area contributed by atoms with Crippen molar-refractivity contribution in [2.45, 2.75) is 84.7 Å². The van der Waals surface area contributed by atoms with Crippen molar-refractivity contribution >= 4 is 34.6 Å². The fourth-order valence-electron chi connectivity index (χ4n) is 8.96. The number of β-amino-alcohol motifs (C(OH)–C–C–N with tert-alkyl or cyclic N) is 1. The lowest BCUT2D eigenvalue weighted by Crippen LogP contribution is -2.58. The van der Waals surface area contributed by atoms with Crippen LogP contribution in [0.2, 0.25) is 0 Å². The van der Waals surface area contributed by atoms with Crippen molar-refractivity contribution in [1.29, 1.82) is 0 Å². The number of thiazole rings is 1. The molecule has 4 heterocycles. The number of carbonyl (C=O) groups excluding carboxylic acids is 3. The van der Waals surface area contributed by atoms with E-state index in [2.05, 4.69) is 38.8 Å². The lowest BCUT2D eigenvalue weighted by molar-refractivity contribution is -0.144. The summed E-state index contributed by atoms with van der Waals surface area (Å²) in [6.07, 6.45) is 8.49. The molecule has 0 unspecified atom stereocenters. The standard InChI is InChI=1S/C55H71N7O11S/c1-38-51(74-37-58-38)41-8-6-39(7-9-41)32-57-53(66)48-31-45(64)34-61(48)54(67)52(55(2,3)4)60-49(65)36-73-29-28-72-27-26-71-25-24-70-23-22-69-21-20-68-19-5-18-62-50(40-14-16-56-17-15-40)47(33-59-62)43-12-13-46-42(30-43)10-11-44(46)35-63/h6-9,12-17,30,33,35,37,45,48,52,63-64H,5,10-11,18-29,31-32,34,36H2,1-4H3,(H,57,66)(H,60,65)/b44-35+/t45-,48+,52-/m1/s1. The van der Waals surface area contributed by atoms with Gasteiger partial charge in [-0.3, -0.25) is 24.0 Å². The first-order valence-corrected chi connectivity index (χ1v) is 26.2. The number of amides is 3. The number of benzene rings is 2. The Morgan fingerprint density at radius 2 is 1.45 bits per heavy atom. The van der Waals surface area contributed by atoms with Gasteiger partial charge >= 0.3 is 0 Å². The van der Waals surface area contributed by atoms with Gasteiger partial charge in [-0.25, -0.2) is 4.98 Å². The molecule has 2 aromatic carbocycles. The van der Waals surface area contributed by atoms with Crippen molar-refractivity contribution in [1.82, 2.24) is 35.3 Å². The van der Waals surface area contributed by atoms with Gasteiger partial charge in [0.15, 0.2) is 0 Å². The Balaban J connectivity index is 0.686. The number of rotatable bonds is 29. The molecule has 0 spiro atoms. The van der Waals surface area contributed by atoms with Crippen LogP contribution in [0.3, 0.4) is 0 Å². The van der Waals surface area contributed by atoms with Crippen LogP contribution < -0.4 is 10.6 Å². The first kappa shape index (κ1) is 55.8. The predicted octanol–water partition coefficient (Wildman–Crippen LogP) is 6.19. The van der Waals surface area contributed by atoms with Crippen molar-refractivity contribution in [2.75, 3.05) is 85.8 Å². The maximum atomic E-state index is 13.9. The SMILES string of the molecule is Cc1ncsc1-c1ccc(CNC(=O)[C@@H]2C[C@@H](O)CN2C(=O)[C@@H](NC(=O)COCCOCCOCCOCCOCCOCCCn2ncc(-c3ccc4c(c3)CC/C4=C\O)c2-c2ccncc2)C(C)(C)C)cc1. The Hall–Kier alpha value is -5.90. The smallest absolute Gasteiger partial charge is 0.246 e. The summed E-state index contributed by atoms with van der Waals surface area (Å²) in [5.41, 5.74) is 11.6. The van der Waals surface area contributed by atoms with Crippen LogP contribution in [-0.4, -0.2) is 157 Å². The van der Waals surface area contributed by atoms with Gasteiger partial charge < -0.3 is 54.2 Å². The third kappa shape index (κ3) is 15.8. The van der Waals surface area contributed by atoms with Gasteiger partial charge in [0.25, 0.3) is 0 Å². The van der Waals surface area contributed by atoms with Crippen LogP contribution >= 0.6 is 11.3 Å². The Labute approximate surface area is 437 Å². The van der Waals surface area contributed by atoms with Crippen molar-refractivity contribution in [3.05, 3.63) is 107 Å². The highest BCUT2D eigenvalue weighted by Crippen LogP contribution is 2.38. The van der Waals surface area contributed by atoms with Crippen LogP contribution in [-0.2, 0) is 62.3 Å². The molecule has 7 rings (SSSR count). The Kier molecular flexibility index (Phi) is 21.2. The minimum atomic E-state index is -0.963. The Bertz CT molecular complexity index is 2600. The average molecular weight is 1040 g/mol. The molecule has 5 aromatic rings. The van der Waals surface area contributed by atoms with E-state index >= 15 is 0 Å². The van der Waals surface area contributed by atoms with Crippen molar-refractivity contribution < 1.29 is 53.0 Å². The molecule has 2 aliphatic rings. The van der Waals surface area contributed by atoms with Gasteiger partial charge in [-0.15, -0.1) is 11.3 Å². The molecule has 74 heavy (non-hydrogen) atoms. The van der Waals surface area contributed by atoms with Gasteiger partial charge in [-0.1, -0.05) is 63.2 Å². The summed E-state index contributed by atoms with van der Waals surface area (Å²) in [5.74, 6) is -1.29. The van der Waals surface area contributed by atoms with Crippen molar-refractivity contribution in [3.63, 3.8) is 0 Å². The molecule has 18 nitrogen and oxygen atoms in total. The number of likely N-dealkylation sites (tertiary alicyclic amines) is 1. The van der Waals surface area contributed by atoms with Crippen LogP contribution in [0.5, 0.6) is 0 Å². The molecule has 0 radical (unpaired) electrons. The number of aromatic nitrogens is 4. The number of pyridine rings is 1. The van der Waals surface area contributed by atoms with Crippen LogP contribution in [0.1, 0.15) is 62.4 Å². The van der Waals surface area contributed by atoms with Crippen molar-refractivity contribution in [3.8, 4) is 32.8 Å². The number of hydrogen-bond acceptors (Lipinski definition) is 15. The second kappa shape index (κ2) is 28.1. The summed E-state index contributed by atoms with van der Waals surface area (Å²) in [4.78, 5) is 51.3. The summed E-state index contributed by atoms with van der Waals surface area (Å²) in [7, 11) is 0. The van der Waals surface area contributed by atoms with Crippen molar-refractivity contribution in [2.24, 2.45) is 5.41 Å². The number of aryl methyl sites for hydroxylation is 3. The molecular formula is C55H71N7O11S. The van der Waals surface area contributed by atoms with E-state index in [0.29, 0.717) is 66.0 Å². The molecule has 3 atom stereocenters. The fraction of sp³-hybridized carbons (Fsp3) is 0.491. The van der Waals surface area contributed by atoms with Gasteiger partial charge in [-0.05, 0) is 77.1 Å². The zero-order valence-electron chi connectivity index (χ0n) is 43.0. The van der Waals surface area contributed by atoms with E-state index in [9.17, 15) is 24.6 Å². The topological polar surface area (TPSA) is 218 Å². The molecule has 1 saturated heterocycles. The highest BCUT2D eigenvalue weighted by molar-refractivity contribution is 7.13. The largest absolute Gasteiger partial charge is 0.515 e. The highest BCUT2D eigenvalue weighted by Gasteiger charge is 2.44. The Morgan fingerprint density at radius 1 is 0.811 bits per heavy atom.